The van der Waals surface area contributed by atoms with Crippen LogP contribution in [0.2, 0.25) is 5.02 Å². The lowest BCUT2D eigenvalue weighted by Gasteiger charge is -2.21. The smallest absolute Gasteiger partial charge is 0.254 e. The molecule has 1 aliphatic heterocycles. The molecule has 2 N–H and O–H groups in total. The fourth-order valence-electron chi connectivity index (χ4n) is 2.69. The molecule has 0 saturated heterocycles. The lowest BCUT2D eigenvalue weighted by Crippen LogP contribution is -2.28. The van der Waals surface area contributed by atoms with Crippen molar-refractivity contribution in [3.8, 4) is 11.5 Å². The van der Waals surface area contributed by atoms with Gasteiger partial charge in [-0.2, -0.15) is 5.10 Å². The first-order valence-corrected chi connectivity index (χ1v) is 8.89. The van der Waals surface area contributed by atoms with Gasteiger partial charge in [0, 0.05) is 19.3 Å². The van der Waals surface area contributed by atoms with Crippen LogP contribution in [0.15, 0.2) is 24.5 Å². The Hall–Kier alpha value is -2.25. The predicted molar refractivity (Wildman–Crippen MR) is 96.8 cm³/mol. The molecule has 140 valence electrons. The van der Waals surface area contributed by atoms with Crippen LogP contribution in [-0.2, 0) is 6.54 Å². The molecule has 0 bridgehead atoms. The van der Waals surface area contributed by atoms with E-state index in [0.717, 1.165) is 6.54 Å². The molecule has 26 heavy (non-hydrogen) atoms. The molecule has 1 amide bonds. The Labute approximate surface area is 156 Å². The van der Waals surface area contributed by atoms with Gasteiger partial charge in [0.2, 0.25) is 0 Å². The lowest BCUT2D eigenvalue weighted by atomic mass is 10.1. The van der Waals surface area contributed by atoms with Gasteiger partial charge in [-0.05, 0) is 23.6 Å². The van der Waals surface area contributed by atoms with Gasteiger partial charge in [0.25, 0.3) is 5.91 Å². The molecule has 0 saturated carbocycles. The van der Waals surface area contributed by atoms with Crippen molar-refractivity contribution in [2.45, 2.75) is 26.5 Å². The Morgan fingerprint density at radius 2 is 2.15 bits per heavy atom. The highest BCUT2D eigenvalue weighted by Gasteiger charge is 2.20. The number of hydrogen-bond donors (Lipinski definition) is 2. The average molecular weight is 380 g/mol. The van der Waals surface area contributed by atoms with Gasteiger partial charge in [-0.3, -0.25) is 9.48 Å². The largest absolute Gasteiger partial charge is 0.486 e. The highest BCUT2D eigenvalue weighted by atomic mass is 35.5. The second-order valence-electron chi connectivity index (χ2n) is 6.60. The first kappa shape index (κ1) is 18.5. The zero-order valence-electron chi connectivity index (χ0n) is 14.7. The molecule has 0 radical (unpaired) electrons. The molecule has 1 aromatic heterocycles. The minimum Gasteiger partial charge on any atom is -0.486 e. The number of nitrogens with one attached hydrogen (secondary N) is 1. The Kier molecular flexibility index (Phi) is 5.68. The highest BCUT2D eigenvalue weighted by molar-refractivity contribution is 6.32. The number of aromatic nitrogens is 2. The predicted octanol–water partition coefficient (Wildman–Crippen LogP) is 2.43. The maximum Gasteiger partial charge on any atom is 0.254 e. The van der Waals surface area contributed by atoms with Crippen LogP contribution < -0.4 is 14.8 Å². The monoisotopic (exact) mass is 379 g/mol. The summed E-state index contributed by atoms with van der Waals surface area (Å²) >= 11 is 6.18. The second-order valence-corrected chi connectivity index (χ2v) is 7.00. The number of hydrogen-bond acceptors (Lipinski definition) is 5. The number of nitrogens with zero attached hydrogens (tertiary/aromatic N) is 2. The summed E-state index contributed by atoms with van der Waals surface area (Å²) in [5, 5.41) is 17.6. The minimum absolute atomic E-state index is 0.0458. The van der Waals surface area contributed by atoms with Crippen LogP contribution in [0.5, 0.6) is 11.5 Å². The standard InChI is InChI=1S/C18H22ClN3O4/c1-11(2)9-22-10-13(7-21-22)18(24)20-8-15(23)12-5-14(19)17-16(6-12)25-3-4-26-17/h5-7,10-11,15,23H,3-4,8-9H2,1-2H3,(H,20,24). The van der Waals surface area contributed by atoms with E-state index in [-0.39, 0.29) is 12.5 Å². The van der Waals surface area contributed by atoms with Gasteiger partial charge < -0.3 is 19.9 Å². The normalized spacial score (nSPS) is 14.3. The molecule has 1 atom stereocenters. The van der Waals surface area contributed by atoms with E-state index in [4.69, 9.17) is 21.1 Å². The Morgan fingerprint density at radius 1 is 1.38 bits per heavy atom. The number of benzene rings is 1. The molecule has 0 aliphatic carbocycles. The van der Waals surface area contributed by atoms with Crippen molar-refractivity contribution in [2.24, 2.45) is 5.92 Å². The Balaban J connectivity index is 1.61. The number of amides is 1. The van der Waals surface area contributed by atoms with Crippen molar-refractivity contribution in [2.75, 3.05) is 19.8 Å². The lowest BCUT2D eigenvalue weighted by molar-refractivity contribution is 0.0915. The third kappa shape index (κ3) is 4.28. The molecule has 1 aromatic carbocycles. The maximum atomic E-state index is 12.2. The molecule has 3 rings (SSSR count). The topological polar surface area (TPSA) is 85.6 Å². The number of rotatable bonds is 6. The number of carbonyl (C=O) groups excluding carboxylic acids is 1. The fourth-order valence-corrected chi connectivity index (χ4v) is 2.96. The van der Waals surface area contributed by atoms with E-state index >= 15 is 0 Å². The summed E-state index contributed by atoms with van der Waals surface area (Å²) in [6.45, 7) is 5.82. The van der Waals surface area contributed by atoms with E-state index < -0.39 is 6.10 Å². The second kappa shape index (κ2) is 7.97. The number of aliphatic hydroxyl groups excluding tert-OH is 1. The molecular weight excluding hydrogens is 358 g/mol. The van der Waals surface area contributed by atoms with Crippen LogP contribution in [-0.4, -0.2) is 40.6 Å². The first-order chi connectivity index (χ1) is 12.4. The first-order valence-electron chi connectivity index (χ1n) is 8.52. The van der Waals surface area contributed by atoms with Crippen molar-refractivity contribution in [1.29, 1.82) is 0 Å². The van der Waals surface area contributed by atoms with Crippen molar-refractivity contribution < 1.29 is 19.4 Å². The molecule has 1 unspecified atom stereocenters. The molecule has 2 heterocycles. The number of halogens is 1. The van der Waals surface area contributed by atoms with Gasteiger partial charge in [0.05, 0.1) is 22.9 Å². The number of aliphatic hydroxyl groups is 1. The van der Waals surface area contributed by atoms with Gasteiger partial charge in [0.15, 0.2) is 11.5 Å². The van der Waals surface area contributed by atoms with Gasteiger partial charge in [-0.15, -0.1) is 0 Å². The van der Waals surface area contributed by atoms with Crippen LogP contribution in [0, 0.1) is 5.92 Å². The maximum absolute atomic E-state index is 12.2. The van der Waals surface area contributed by atoms with Crippen LogP contribution in [0.4, 0.5) is 0 Å². The molecule has 2 aromatic rings. The van der Waals surface area contributed by atoms with Crippen LogP contribution >= 0.6 is 11.6 Å². The molecule has 1 aliphatic rings. The summed E-state index contributed by atoms with van der Waals surface area (Å²) in [5.41, 5.74) is 1.01. The molecular formula is C18H22ClN3O4. The molecule has 8 heteroatoms. The van der Waals surface area contributed by atoms with Crippen molar-refractivity contribution in [3.63, 3.8) is 0 Å². The number of carbonyl (C=O) groups is 1. The van der Waals surface area contributed by atoms with Crippen molar-refractivity contribution in [1.82, 2.24) is 15.1 Å². The number of fused-ring (bicyclic) bond motifs is 1. The summed E-state index contributed by atoms with van der Waals surface area (Å²) in [6, 6.07) is 3.30. The van der Waals surface area contributed by atoms with Gasteiger partial charge >= 0.3 is 0 Å². The van der Waals surface area contributed by atoms with Crippen LogP contribution in [0.3, 0.4) is 0 Å². The minimum atomic E-state index is -0.919. The van der Waals surface area contributed by atoms with E-state index in [1.54, 1.807) is 23.0 Å². The third-order valence-electron chi connectivity index (χ3n) is 3.91. The highest BCUT2D eigenvalue weighted by Crippen LogP contribution is 2.39. The Bertz CT molecular complexity index is 791. The summed E-state index contributed by atoms with van der Waals surface area (Å²) in [7, 11) is 0. The van der Waals surface area contributed by atoms with E-state index in [1.807, 2.05) is 0 Å². The molecule has 7 nitrogen and oxygen atoms in total. The summed E-state index contributed by atoms with van der Waals surface area (Å²) in [4.78, 5) is 12.2. The summed E-state index contributed by atoms with van der Waals surface area (Å²) in [6.07, 6.45) is 2.30. The zero-order valence-corrected chi connectivity index (χ0v) is 15.5. The third-order valence-corrected chi connectivity index (χ3v) is 4.19. The zero-order chi connectivity index (χ0) is 18.7. The van der Waals surface area contributed by atoms with Crippen molar-refractivity contribution >= 4 is 17.5 Å². The van der Waals surface area contributed by atoms with E-state index in [2.05, 4.69) is 24.3 Å². The number of ether oxygens (including phenoxy) is 2. The van der Waals surface area contributed by atoms with E-state index in [1.165, 1.54) is 6.20 Å². The van der Waals surface area contributed by atoms with E-state index in [0.29, 0.717) is 46.8 Å². The van der Waals surface area contributed by atoms with Crippen LogP contribution in [0.25, 0.3) is 0 Å². The summed E-state index contributed by atoms with van der Waals surface area (Å²) in [5.74, 6) is 1.13. The van der Waals surface area contributed by atoms with Gasteiger partial charge in [0.1, 0.15) is 13.2 Å². The summed E-state index contributed by atoms with van der Waals surface area (Å²) < 4.78 is 12.7. The van der Waals surface area contributed by atoms with E-state index in [9.17, 15) is 9.90 Å². The van der Waals surface area contributed by atoms with Crippen LogP contribution in [0.1, 0.15) is 35.9 Å². The quantitative estimate of drug-likeness (QED) is 0.805. The SMILES string of the molecule is CC(C)Cn1cc(C(=O)NCC(O)c2cc(Cl)c3c(c2)OCCO3)cn1. The average Bonchev–Trinajstić information content (AvgIpc) is 3.07. The fraction of sp³-hybridized carbons (Fsp3) is 0.444. The van der Waals surface area contributed by atoms with Gasteiger partial charge in [-0.1, -0.05) is 25.4 Å². The molecule has 0 spiro atoms. The van der Waals surface area contributed by atoms with Crippen molar-refractivity contribution in [3.05, 3.63) is 40.7 Å². The van der Waals surface area contributed by atoms with Gasteiger partial charge in [-0.25, -0.2) is 0 Å². The molecule has 0 fully saturated rings. The Morgan fingerprint density at radius 3 is 2.92 bits per heavy atom.